The number of carbonyl (C=O) groups is 1. The lowest BCUT2D eigenvalue weighted by Crippen LogP contribution is -2.21. The van der Waals surface area contributed by atoms with E-state index in [0.29, 0.717) is 17.4 Å². The third kappa shape index (κ3) is 5.72. The molecule has 0 spiro atoms. The summed E-state index contributed by atoms with van der Waals surface area (Å²) in [5.74, 6) is 1.05. The predicted octanol–water partition coefficient (Wildman–Crippen LogP) is 4.03. The highest BCUT2D eigenvalue weighted by atomic mass is 16.1. The van der Waals surface area contributed by atoms with Crippen LogP contribution in [0.3, 0.4) is 0 Å². The first-order chi connectivity index (χ1) is 12.5. The summed E-state index contributed by atoms with van der Waals surface area (Å²) in [5, 5.41) is 6.12. The van der Waals surface area contributed by atoms with E-state index in [0.717, 1.165) is 37.4 Å². The summed E-state index contributed by atoms with van der Waals surface area (Å²) in [6.07, 6.45) is 2.46. The van der Waals surface area contributed by atoms with Crippen molar-refractivity contribution >= 4 is 23.1 Å². The molecule has 1 heterocycles. The highest BCUT2D eigenvalue weighted by Crippen LogP contribution is 2.18. The summed E-state index contributed by atoms with van der Waals surface area (Å²) < 4.78 is 0. The molecule has 0 saturated heterocycles. The molecule has 2 aromatic rings. The number of aromatic nitrogens is 2. The van der Waals surface area contributed by atoms with Crippen LogP contribution in [0.4, 0.5) is 17.2 Å². The number of anilines is 3. The molecule has 0 unspecified atom stereocenters. The Morgan fingerprint density at radius 2 is 1.81 bits per heavy atom. The molecule has 0 aliphatic carbocycles. The van der Waals surface area contributed by atoms with Crippen molar-refractivity contribution in [1.29, 1.82) is 0 Å². The molecule has 1 aromatic heterocycles. The van der Waals surface area contributed by atoms with Gasteiger partial charge in [0.25, 0.3) is 5.91 Å². The van der Waals surface area contributed by atoms with Crippen molar-refractivity contribution in [2.45, 2.75) is 34.1 Å². The second-order valence-corrected chi connectivity index (χ2v) is 6.57. The normalized spacial score (nSPS) is 10.7. The second-order valence-electron chi connectivity index (χ2n) is 6.57. The Hall–Kier alpha value is -2.63. The number of hydrogen-bond acceptors (Lipinski definition) is 5. The first-order valence-corrected chi connectivity index (χ1v) is 9.25. The summed E-state index contributed by atoms with van der Waals surface area (Å²) in [6.45, 7) is 11.3. The minimum absolute atomic E-state index is 0.241. The minimum atomic E-state index is -0.241. The first kappa shape index (κ1) is 19.7. The van der Waals surface area contributed by atoms with Gasteiger partial charge in [-0.1, -0.05) is 13.8 Å². The van der Waals surface area contributed by atoms with Gasteiger partial charge in [0, 0.05) is 37.1 Å². The molecule has 0 saturated carbocycles. The Morgan fingerprint density at radius 3 is 2.42 bits per heavy atom. The van der Waals surface area contributed by atoms with Gasteiger partial charge in [0.05, 0.1) is 0 Å². The van der Waals surface area contributed by atoms with Gasteiger partial charge in [-0.15, -0.1) is 0 Å². The third-order valence-corrected chi connectivity index (χ3v) is 4.18. The number of carbonyl (C=O) groups excluding carboxylic acids is 1. The van der Waals surface area contributed by atoms with E-state index in [1.165, 1.54) is 6.33 Å². The highest BCUT2D eigenvalue weighted by molar-refractivity contribution is 6.03. The van der Waals surface area contributed by atoms with Crippen LogP contribution in [0.5, 0.6) is 0 Å². The average molecular weight is 355 g/mol. The van der Waals surface area contributed by atoms with Gasteiger partial charge >= 0.3 is 0 Å². The molecule has 140 valence electrons. The van der Waals surface area contributed by atoms with E-state index < -0.39 is 0 Å². The Morgan fingerprint density at radius 1 is 1.12 bits per heavy atom. The first-order valence-electron chi connectivity index (χ1n) is 9.25. The fraction of sp³-hybridized carbons (Fsp3) is 0.450. The summed E-state index contributed by atoms with van der Waals surface area (Å²) >= 11 is 0. The number of amides is 1. The third-order valence-electron chi connectivity index (χ3n) is 4.18. The molecule has 6 heteroatoms. The maximum atomic E-state index is 12.4. The topological polar surface area (TPSA) is 70.2 Å². The van der Waals surface area contributed by atoms with Crippen LogP contribution in [-0.2, 0) is 0 Å². The van der Waals surface area contributed by atoms with Gasteiger partial charge in [-0.2, -0.15) is 0 Å². The summed E-state index contributed by atoms with van der Waals surface area (Å²) in [7, 11) is 0. The molecule has 0 fully saturated rings. The number of rotatable bonds is 9. The van der Waals surface area contributed by atoms with Gasteiger partial charge in [0.15, 0.2) is 0 Å². The molecule has 0 atom stereocenters. The molecule has 26 heavy (non-hydrogen) atoms. The fourth-order valence-electron chi connectivity index (χ4n) is 2.61. The van der Waals surface area contributed by atoms with Crippen LogP contribution in [0.25, 0.3) is 0 Å². The predicted molar refractivity (Wildman–Crippen MR) is 108 cm³/mol. The zero-order valence-corrected chi connectivity index (χ0v) is 16.1. The Bertz CT molecular complexity index is 696. The van der Waals surface area contributed by atoms with E-state index in [2.05, 4.69) is 53.2 Å². The second kappa shape index (κ2) is 9.75. The van der Waals surface area contributed by atoms with Crippen molar-refractivity contribution < 1.29 is 4.79 Å². The van der Waals surface area contributed by atoms with Crippen molar-refractivity contribution in [3.8, 4) is 0 Å². The summed E-state index contributed by atoms with van der Waals surface area (Å²) in [6, 6.07) is 9.53. The number of nitrogens with zero attached hydrogens (tertiary/aromatic N) is 3. The summed E-state index contributed by atoms with van der Waals surface area (Å²) in [5.41, 5.74) is 2.24. The zero-order chi connectivity index (χ0) is 18.9. The zero-order valence-electron chi connectivity index (χ0n) is 16.1. The van der Waals surface area contributed by atoms with Crippen LogP contribution >= 0.6 is 0 Å². The molecular weight excluding hydrogens is 326 g/mol. The average Bonchev–Trinajstić information content (AvgIpc) is 2.64. The van der Waals surface area contributed by atoms with E-state index in [4.69, 9.17) is 0 Å². The van der Waals surface area contributed by atoms with E-state index >= 15 is 0 Å². The quantitative estimate of drug-likeness (QED) is 0.710. The van der Waals surface area contributed by atoms with Crippen molar-refractivity contribution in [2.75, 3.05) is 35.2 Å². The van der Waals surface area contributed by atoms with E-state index in [1.54, 1.807) is 6.07 Å². The summed E-state index contributed by atoms with van der Waals surface area (Å²) in [4.78, 5) is 22.9. The highest BCUT2D eigenvalue weighted by Gasteiger charge is 2.10. The Kier molecular flexibility index (Phi) is 7.38. The van der Waals surface area contributed by atoms with Gasteiger partial charge in [-0.3, -0.25) is 4.79 Å². The van der Waals surface area contributed by atoms with Gasteiger partial charge in [-0.25, -0.2) is 9.97 Å². The van der Waals surface area contributed by atoms with Gasteiger partial charge in [0.1, 0.15) is 17.8 Å². The lowest BCUT2D eigenvalue weighted by atomic mass is 10.1. The van der Waals surface area contributed by atoms with Crippen molar-refractivity contribution in [3.63, 3.8) is 0 Å². The molecule has 0 bridgehead atoms. The monoisotopic (exact) mass is 355 g/mol. The Labute approximate surface area is 156 Å². The number of hydrogen-bond donors (Lipinski definition) is 2. The molecule has 1 aromatic carbocycles. The molecule has 2 N–H and O–H groups in total. The molecule has 2 rings (SSSR count). The largest absolute Gasteiger partial charge is 0.372 e. The SMILES string of the molecule is CCN(CC)c1ccc(NC(=O)c2cc(NCCC(C)C)ncn2)cc1. The van der Waals surface area contributed by atoms with Crippen LogP contribution in [0, 0.1) is 5.92 Å². The Balaban J connectivity index is 1.99. The lowest BCUT2D eigenvalue weighted by molar-refractivity contribution is 0.102. The lowest BCUT2D eigenvalue weighted by Gasteiger charge is -2.21. The minimum Gasteiger partial charge on any atom is -0.372 e. The smallest absolute Gasteiger partial charge is 0.274 e. The van der Waals surface area contributed by atoms with Crippen LogP contribution in [0.1, 0.15) is 44.6 Å². The van der Waals surface area contributed by atoms with Gasteiger partial charge in [0.2, 0.25) is 0 Å². The fourth-order valence-corrected chi connectivity index (χ4v) is 2.61. The standard InChI is InChI=1S/C20H29N5O/c1-5-25(6-2)17-9-7-16(8-10-17)24-20(26)18-13-19(23-14-22-18)21-12-11-15(3)4/h7-10,13-15H,5-6,11-12H2,1-4H3,(H,24,26)(H,21,22,23). The molecule has 0 radical (unpaired) electrons. The van der Waals surface area contributed by atoms with Gasteiger partial charge in [-0.05, 0) is 50.5 Å². The van der Waals surface area contributed by atoms with Crippen LogP contribution in [-0.4, -0.2) is 35.5 Å². The molecule has 0 aliphatic rings. The molecule has 6 nitrogen and oxygen atoms in total. The van der Waals surface area contributed by atoms with Crippen molar-refractivity contribution in [1.82, 2.24) is 9.97 Å². The number of nitrogens with one attached hydrogen (secondary N) is 2. The maximum Gasteiger partial charge on any atom is 0.274 e. The van der Waals surface area contributed by atoms with E-state index in [1.807, 2.05) is 24.3 Å². The van der Waals surface area contributed by atoms with Crippen LogP contribution < -0.4 is 15.5 Å². The van der Waals surface area contributed by atoms with Crippen molar-refractivity contribution in [2.24, 2.45) is 5.92 Å². The van der Waals surface area contributed by atoms with Crippen LogP contribution in [0.15, 0.2) is 36.7 Å². The maximum absolute atomic E-state index is 12.4. The molecule has 0 aliphatic heterocycles. The molecular formula is C20H29N5O. The molecule has 1 amide bonds. The van der Waals surface area contributed by atoms with E-state index in [-0.39, 0.29) is 5.91 Å². The van der Waals surface area contributed by atoms with Crippen LogP contribution in [0.2, 0.25) is 0 Å². The van der Waals surface area contributed by atoms with E-state index in [9.17, 15) is 4.79 Å². The van der Waals surface area contributed by atoms with Crippen molar-refractivity contribution in [3.05, 3.63) is 42.4 Å². The van der Waals surface area contributed by atoms with Gasteiger partial charge < -0.3 is 15.5 Å². The number of benzene rings is 1.